The minimum atomic E-state index is -0.326. The minimum absolute atomic E-state index is 0.0132. The molecule has 5 N–H and O–H groups in total. The molecule has 6 rings (SSSR count). The maximum Gasteiger partial charge on any atom is 0.169 e. The summed E-state index contributed by atoms with van der Waals surface area (Å²) in [5.74, 6) is -0.764. The molecule has 5 nitrogen and oxygen atoms in total. The lowest BCUT2D eigenvalue weighted by Crippen LogP contribution is -2.46. The van der Waals surface area contributed by atoms with Crippen molar-refractivity contribution >= 4 is 22.4 Å². The van der Waals surface area contributed by atoms with Crippen LogP contribution >= 0.6 is 0 Å². The number of rotatable bonds is 2. The first-order chi connectivity index (χ1) is 15.8. The Morgan fingerprint density at radius 3 is 2.45 bits per heavy atom. The van der Waals surface area contributed by atoms with Crippen LogP contribution < -0.4 is 0 Å². The number of hydrogen-bond donors (Lipinski definition) is 5. The fourth-order valence-electron chi connectivity index (χ4n) is 7.49. The van der Waals surface area contributed by atoms with Gasteiger partial charge in [-0.15, -0.1) is 0 Å². The Morgan fingerprint density at radius 2 is 1.67 bits per heavy atom. The molecule has 3 aromatic carbocycles. The smallest absolute Gasteiger partial charge is 0.169 e. The lowest BCUT2D eigenvalue weighted by Gasteiger charge is -2.53. The van der Waals surface area contributed by atoms with E-state index in [1.54, 1.807) is 18.2 Å². The van der Waals surface area contributed by atoms with E-state index in [0.717, 1.165) is 67.2 Å². The molecule has 0 saturated heterocycles. The van der Waals surface area contributed by atoms with Crippen molar-refractivity contribution < 1.29 is 25.5 Å². The number of aromatic hydroxyl groups is 5. The monoisotopic (exact) mass is 444 g/mol. The quantitative estimate of drug-likeness (QED) is 0.309. The van der Waals surface area contributed by atoms with E-state index in [1.165, 1.54) is 11.6 Å². The van der Waals surface area contributed by atoms with Gasteiger partial charge in [-0.25, -0.2) is 0 Å². The average molecular weight is 445 g/mol. The first kappa shape index (κ1) is 20.3. The average Bonchev–Trinajstić information content (AvgIpc) is 3.17. The Labute approximate surface area is 192 Å². The van der Waals surface area contributed by atoms with Crippen LogP contribution in [0.3, 0.4) is 0 Å². The van der Waals surface area contributed by atoms with Crippen LogP contribution in [0.5, 0.6) is 28.7 Å². The van der Waals surface area contributed by atoms with E-state index < -0.39 is 0 Å². The van der Waals surface area contributed by atoms with Gasteiger partial charge in [-0.1, -0.05) is 31.6 Å². The molecule has 0 aromatic heterocycles. The highest BCUT2D eigenvalue weighted by molar-refractivity contribution is 6.05. The van der Waals surface area contributed by atoms with Crippen LogP contribution in [0, 0.1) is 5.41 Å². The zero-order valence-corrected chi connectivity index (χ0v) is 18.6. The maximum atomic E-state index is 10.7. The van der Waals surface area contributed by atoms with Gasteiger partial charge >= 0.3 is 0 Å². The number of benzene rings is 3. The molecule has 2 atom stereocenters. The second-order valence-corrected chi connectivity index (χ2v) is 10.1. The molecule has 170 valence electrons. The highest BCUT2D eigenvalue weighted by atomic mass is 16.3. The largest absolute Gasteiger partial charge is 0.507 e. The van der Waals surface area contributed by atoms with Crippen molar-refractivity contribution in [3.05, 3.63) is 52.6 Å². The van der Waals surface area contributed by atoms with Gasteiger partial charge in [-0.3, -0.25) is 0 Å². The van der Waals surface area contributed by atoms with Crippen molar-refractivity contribution in [3.63, 3.8) is 0 Å². The molecular weight excluding hydrogens is 416 g/mol. The molecule has 33 heavy (non-hydrogen) atoms. The molecule has 0 unspecified atom stereocenters. The minimum Gasteiger partial charge on any atom is -0.507 e. The molecule has 3 aromatic rings. The van der Waals surface area contributed by atoms with E-state index in [9.17, 15) is 25.5 Å². The third kappa shape index (κ3) is 2.42. The molecule has 0 heterocycles. The van der Waals surface area contributed by atoms with Gasteiger partial charge in [0.2, 0.25) is 0 Å². The molecule has 0 radical (unpaired) electrons. The summed E-state index contributed by atoms with van der Waals surface area (Å²) in [4.78, 5) is 0. The fraction of sp³-hybridized carbons (Fsp3) is 0.357. The summed E-state index contributed by atoms with van der Waals surface area (Å²) >= 11 is 0. The van der Waals surface area contributed by atoms with Crippen LogP contribution in [0.2, 0.25) is 0 Å². The van der Waals surface area contributed by atoms with Gasteiger partial charge in [0.1, 0.15) is 5.75 Å². The number of phenolic OH excluding ortho intramolecular Hbond substituents is 5. The number of allylic oxidation sites excluding steroid dienone is 1. The van der Waals surface area contributed by atoms with Crippen molar-refractivity contribution in [3.8, 4) is 28.7 Å². The summed E-state index contributed by atoms with van der Waals surface area (Å²) in [6.07, 6.45) is 8.84. The van der Waals surface area contributed by atoms with Gasteiger partial charge in [0, 0.05) is 11.0 Å². The van der Waals surface area contributed by atoms with Gasteiger partial charge in [-0.2, -0.15) is 0 Å². The normalized spacial score (nSPS) is 25.5. The topological polar surface area (TPSA) is 101 Å². The zero-order valence-electron chi connectivity index (χ0n) is 18.6. The lowest BCUT2D eigenvalue weighted by atomic mass is 9.50. The van der Waals surface area contributed by atoms with Crippen LogP contribution in [-0.2, 0) is 11.8 Å². The predicted molar refractivity (Wildman–Crippen MR) is 128 cm³/mol. The summed E-state index contributed by atoms with van der Waals surface area (Å²) in [6, 6.07) is 8.33. The number of phenols is 5. The third-order valence-corrected chi connectivity index (χ3v) is 8.96. The molecule has 1 fully saturated rings. The molecule has 5 heteroatoms. The van der Waals surface area contributed by atoms with Crippen LogP contribution in [-0.4, -0.2) is 25.5 Å². The van der Waals surface area contributed by atoms with Crippen LogP contribution in [0.1, 0.15) is 67.7 Å². The van der Waals surface area contributed by atoms with Gasteiger partial charge in [0.05, 0.1) is 5.39 Å². The Bertz CT molecular complexity index is 1370. The lowest BCUT2D eigenvalue weighted by molar-refractivity contribution is 0.117. The summed E-state index contributed by atoms with van der Waals surface area (Å²) in [7, 11) is 0. The van der Waals surface area contributed by atoms with Crippen LogP contribution in [0.4, 0.5) is 0 Å². The third-order valence-electron chi connectivity index (χ3n) is 8.96. The highest BCUT2D eigenvalue weighted by Crippen LogP contribution is 2.68. The Kier molecular flexibility index (Phi) is 4.05. The van der Waals surface area contributed by atoms with Gasteiger partial charge in [-0.05, 0) is 89.8 Å². The molecule has 3 aliphatic rings. The highest BCUT2D eigenvalue weighted by Gasteiger charge is 2.59. The van der Waals surface area contributed by atoms with E-state index >= 15 is 0 Å². The molecule has 0 amide bonds. The molecule has 0 aliphatic heterocycles. The predicted octanol–water partition coefficient (Wildman–Crippen LogP) is 6.08. The Balaban J connectivity index is 1.68. The standard InChI is InChI=1S/C28H28O5/c1-2-27-8-4-9-28(27)14-16(11-15-12-21(30)25(32)18(7-10-27)24(15)28)19-13-22(31)26(33)23-17(19)5-3-6-20(23)29/h3,5-6,11-13,29-33H,2,4,7-10,14H2,1H3/t27-,28-/m0/s1. The second-order valence-electron chi connectivity index (χ2n) is 10.1. The van der Waals surface area contributed by atoms with Crippen molar-refractivity contribution in [2.24, 2.45) is 5.41 Å². The molecule has 3 aliphatic carbocycles. The van der Waals surface area contributed by atoms with E-state index in [0.29, 0.717) is 5.39 Å². The molecule has 0 bridgehead atoms. The van der Waals surface area contributed by atoms with Crippen molar-refractivity contribution in [2.45, 2.75) is 57.3 Å². The summed E-state index contributed by atoms with van der Waals surface area (Å²) in [5.41, 5.74) is 4.72. The summed E-state index contributed by atoms with van der Waals surface area (Å²) in [5, 5.41) is 53.6. The van der Waals surface area contributed by atoms with Crippen molar-refractivity contribution in [1.82, 2.24) is 0 Å². The SMILES string of the molecule is CC[C@@]12CCC[C@@]13CC(c1cc(O)c(O)c4c(O)cccc14)=Cc1cc(O)c(O)c(c13)CC2. The van der Waals surface area contributed by atoms with E-state index in [-0.39, 0.29) is 45.0 Å². The van der Waals surface area contributed by atoms with E-state index in [1.807, 2.05) is 12.1 Å². The molecule has 1 saturated carbocycles. The van der Waals surface area contributed by atoms with E-state index in [2.05, 4.69) is 6.92 Å². The van der Waals surface area contributed by atoms with Crippen molar-refractivity contribution in [1.29, 1.82) is 0 Å². The first-order valence-electron chi connectivity index (χ1n) is 11.8. The van der Waals surface area contributed by atoms with Gasteiger partial charge in [0.15, 0.2) is 23.0 Å². The van der Waals surface area contributed by atoms with Gasteiger partial charge in [0.25, 0.3) is 0 Å². The fourth-order valence-corrected chi connectivity index (χ4v) is 7.49. The zero-order chi connectivity index (χ0) is 23.1. The summed E-state index contributed by atoms with van der Waals surface area (Å²) in [6.45, 7) is 2.26. The Hall–Kier alpha value is -3.34. The van der Waals surface area contributed by atoms with Gasteiger partial charge < -0.3 is 25.5 Å². The maximum absolute atomic E-state index is 10.7. The van der Waals surface area contributed by atoms with E-state index in [4.69, 9.17) is 0 Å². The number of hydrogen-bond acceptors (Lipinski definition) is 5. The second kappa shape index (κ2) is 6.60. The summed E-state index contributed by atoms with van der Waals surface area (Å²) < 4.78 is 0. The molecule has 1 spiro atoms. The number of fused-ring (bicyclic) bond motifs is 1. The molecular formula is C28H28O5. The van der Waals surface area contributed by atoms with Crippen LogP contribution in [0.25, 0.3) is 22.4 Å². The van der Waals surface area contributed by atoms with Crippen molar-refractivity contribution in [2.75, 3.05) is 0 Å². The Morgan fingerprint density at radius 1 is 0.879 bits per heavy atom. The van der Waals surface area contributed by atoms with Crippen LogP contribution in [0.15, 0.2) is 30.3 Å². The first-order valence-corrected chi connectivity index (χ1v) is 11.8.